The molecule has 1 saturated carbocycles. The van der Waals surface area contributed by atoms with Gasteiger partial charge < -0.3 is 10.0 Å². The smallest absolute Gasteiger partial charge is 0.0580 e. The van der Waals surface area contributed by atoms with Crippen LogP contribution in [0.2, 0.25) is 0 Å². The maximum atomic E-state index is 10.2. The third-order valence-corrected chi connectivity index (χ3v) is 5.13. The zero-order chi connectivity index (χ0) is 13.1. The fraction of sp³-hybridized carbons (Fsp3) is 1.00. The molecule has 1 N–H and O–H groups in total. The minimum absolute atomic E-state index is 0.0405. The van der Waals surface area contributed by atoms with Crippen LogP contribution in [-0.4, -0.2) is 35.2 Å². The standard InChI is InChI=1S/C16H31NO/c1-4-5-14-6-7-16(18)15(9-14)11-17-10-12(2)8-13(17)3/h12-16,18H,4-11H2,1-3H3. The lowest BCUT2D eigenvalue weighted by molar-refractivity contribution is 0.0242. The maximum Gasteiger partial charge on any atom is 0.0580 e. The Bertz CT molecular complexity index is 255. The first-order valence-corrected chi connectivity index (χ1v) is 8.02. The van der Waals surface area contributed by atoms with Crippen LogP contribution < -0.4 is 0 Å². The Morgan fingerprint density at radius 2 is 1.94 bits per heavy atom. The molecule has 0 aromatic rings. The lowest BCUT2D eigenvalue weighted by Crippen LogP contribution is -2.40. The number of hydrogen-bond acceptors (Lipinski definition) is 2. The van der Waals surface area contributed by atoms with Gasteiger partial charge in [-0.05, 0) is 50.4 Å². The molecule has 0 aromatic carbocycles. The van der Waals surface area contributed by atoms with Crippen molar-refractivity contribution in [1.29, 1.82) is 0 Å². The molecule has 0 amide bonds. The highest BCUT2D eigenvalue weighted by molar-refractivity contribution is 4.86. The summed E-state index contributed by atoms with van der Waals surface area (Å²) in [6.07, 6.45) is 7.49. The van der Waals surface area contributed by atoms with E-state index < -0.39 is 0 Å². The molecule has 2 heteroatoms. The van der Waals surface area contributed by atoms with E-state index in [4.69, 9.17) is 0 Å². The van der Waals surface area contributed by atoms with Gasteiger partial charge in [0.2, 0.25) is 0 Å². The van der Waals surface area contributed by atoms with Crippen LogP contribution in [0.4, 0.5) is 0 Å². The Morgan fingerprint density at radius 1 is 1.17 bits per heavy atom. The highest BCUT2D eigenvalue weighted by atomic mass is 16.3. The molecule has 2 aliphatic rings. The fourth-order valence-corrected chi connectivity index (χ4v) is 4.15. The van der Waals surface area contributed by atoms with Crippen molar-refractivity contribution in [2.24, 2.45) is 17.8 Å². The van der Waals surface area contributed by atoms with Gasteiger partial charge in [0.25, 0.3) is 0 Å². The van der Waals surface area contributed by atoms with Crippen LogP contribution in [0.15, 0.2) is 0 Å². The number of rotatable bonds is 4. The molecular formula is C16H31NO. The van der Waals surface area contributed by atoms with Crippen molar-refractivity contribution in [3.05, 3.63) is 0 Å². The number of aliphatic hydroxyl groups is 1. The molecule has 18 heavy (non-hydrogen) atoms. The predicted molar refractivity (Wildman–Crippen MR) is 76.6 cm³/mol. The average molecular weight is 253 g/mol. The predicted octanol–water partition coefficient (Wildman–Crippen LogP) is 3.29. The second-order valence-electron chi connectivity index (χ2n) is 6.94. The van der Waals surface area contributed by atoms with E-state index in [0.717, 1.165) is 30.8 Å². The van der Waals surface area contributed by atoms with Crippen LogP contribution in [0.25, 0.3) is 0 Å². The number of hydrogen-bond donors (Lipinski definition) is 1. The molecule has 5 unspecified atom stereocenters. The molecule has 0 aromatic heterocycles. The minimum Gasteiger partial charge on any atom is -0.393 e. The van der Waals surface area contributed by atoms with Gasteiger partial charge in [0.05, 0.1) is 6.10 Å². The summed E-state index contributed by atoms with van der Waals surface area (Å²) in [6, 6.07) is 0.721. The zero-order valence-corrected chi connectivity index (χ0v) is 12.4. The number of likely N-dealkylation sites (tertiary alicyclic amines) is 1. The van der Waals surface area contributed by atoms with Crippen LogP contribution in [0, 0.1) is 17.8 Å². The zero-order valence-electron chi connectivity index (χ0n) is 12.4. The first-order valence-electron chi connectivity index (χ1n) is 8.02. The van der Waals surface area contributed by atoms with E-state index in [1.807, 2.05) is 0 Å². The van der Waals surface area contributed by atoms with Crippen LogP contribution >= 0.6 is 0 Å². The van der Waals surface area contributed by atoms with Gasteiger partial charge in [-0.25, -0.2) is 0 Å². The first kappa shape index (κ1) is 14.3. The fourth-order valence-electron chi connectivity index (χ4n) is 4.15. The largest absolute Gasteiger partial charge is 0.393 e. The average Bonchev–Trinajstić information content (AvgIpc) is 2.62. The second kappa shape index (κ2) is 6.38. The molecule has 0 bridgehead atoms. The Morgan fingerprint density at radius 3 is 2.56 bits per heavy atom. The van der Waals surface area contributed by atoms with E-state index in [1.54, 1.807) is 0 Å². The van der Waals surface area contributed by atoms with Crippen molar-refractivity contribution in [2.75, 3.05) is 13.1 Å². The highest BCUT2D eigenvalue weighted by Gasteiger charge is 2.33. The van der Waals surface area contributed by atoms with Crippen LogP contribution in [-0.2, 0) is 0 Å². The number of nitrogens with zero attached hydrogens (tertiary/aromatic N) is 1. The van der Waals surface area contributed by atoms with E-state index in [-0.39, 0.29) is 6.10 Å². The van der Waals surface area contributed by atoms with Crippen LogP contribution in [0.1, 0.15) is 59.3 Å². The minimum atomic E-state index is -0.0405. The summed E-state index contributed by atoms with van der Waals surface area (Å²) in [5.41, 5.74) is 0. The van der Waals surface area contributed by atoms with Gasteiger partial charge in [-0.15, -0.1) is 0 Å². The van der Waals surface area contributed by atoms with E-state index in [1.165, 1.54) is 38.6 Å². The maximum absolute atomic E-state index is 10.2. The van der Waals surface area contributed by atoms with Gasteiger partial charge in [-0.1, -0.05) is 26.7 Å². The lowest BCUT2D eigenvalue weighted by Gasteiger charge is -2.36. The van der Waals surface area contributed by atoms with Crippen molar-refractivity contribution in [2.45, 2.75) is 71.4 Å². The third kappa shape index (κ3) is 3.48. The molecule has 106 valence electrons. The van der Waals surface area contributed by atoms with Crippen molar-refractivity contribution in [1.82, 2.24) is 4.90 Å². The van der Waals surface area contributed by atoms with Crippen molar-refractivity contribution >= 4 is 0 Å². The molecule has 5 atom stereocenters. The van der Waals surface area contributed by atoms with Crippen molar-refractivity contribution in [3.8, 4) is 0 Å². The lowest BCUT2D eigenvalue weighted by atomic mass is 9.77. The molecular weight excluding hydrogens is 222 g/mol. The third-order valence-electron chi connectivity index (χ3n) is 5.13. The molecule has 2 nitrogen and oxygen atoms in total. The Balaban J connectivity index is 1.86. The Labute approximate surface area is 113 Å². The van der Waals surface area contributed by atoms with Gasteiger partial charge >= 0.3 is 0 Å². The summed E-state index contributed by atoms with van der Waals surface area (Å²) in [7, 11) is 0. The molecule has 0 radical (unpaired) electrons. The van der Waals surface area contributed by atoms with Gasteiger partial charge in [0, 0.05) is 19.1 Å². The quantitative estimate of drug-likeness (QED) is 0.831. The molecule has 2 rings (SSSR count). The monoisotopic (exact) mass is 253 g/mol. The summed E-state index contributed by atoms with van der Waals surface area (Å²) in [5.74, 6) is 2.24. The Hall–Kier alpha value is -0.0800. The van der Waals surface area contributed by atoms with Crippen LogP contribution in [0.5, 0.6) is 0 Å². The Kier molecular flexibility index (Phi) is 5.08. The molecule has 1 aliphatic carbocycles. The summed E-state index contributed by atoms with van der Waals surface area (Å²) >= 11 is 0. The van der Waals surface area contributed by atoms with Gasteiger partial charge in [-0.3, -0.25) is 0 Å². The van der Waals surface area contributed by atoms with E-state index in [9.17, 15) is 5.11 Å². The molecule has 1 aliphatic heterocycles. The van der Waals surface area contributed by atoms with E-state index in [0.29, 0.717) is 5.92 Å². The summed E-state index contributed by atoms with van der Waals surface area (Å²) in [5, 5.41) is 10.2. The first-order chi connectivity index (χ1) is 8.60. The molecule has 2 fully saturated rings. The van der Waals surface area contributed by atoms with Crippen LogP contribution in [0.3, 0.4) is 0 Å². The van der Waals surface area contributed by atoms with Crippen molar-refractivity contribution < 1.29 is 5.11 Å². The summed E-state index contributed by atoms with van der Waals surface area (Å²) in [6.45, 7) is 9.36. The molecule has 1 saturated heterocycles. The van der Waals surface area contributed by atoms with Gasteiger partial charge in [-0.2, -0.15) is 0 Å². The van der Waals surface area contributed by atoms with E-state index in [2.05, 4.69) is 25.7 Å². The van der Waals surface area contributed by atoms with E-state index >= 15 is 0 Å². The highest BCUT2D eigenvalue weighted by Crippen LogP contribution is 2.34. The number of aliphatic hydroxyl groups excluding tert-OH is 1. The SMILES string of the molecule is CCCC1CCC(O)C(CN2CC(C)CC2C)C1. The topological polar surface area (TPSA) is 23.5 Å². The van der Waals surface area contributed by atoms with Gasteiger partial charge in [0.15, 0.2) is 0 Å². The molecule has 1 heterocycles. The summed E-state index contributed by atoms with van der Waals surface area (Å²) < 4.78 is 0. The normalized spacial score (nSPS) is 42.3. The van der Waals surface area contributed by atoms with Crippen molar-refractivity contribution in [3.63, 3.8) is 0 Å². The summed E-state index contributed by atoms with van der Waals surface area (Å²) in [4.78, 5) is 2.62. The second-order valence-corrected chi connectivity index (χ2v) is 6.94. The molecule has 0 spiro atoms. The van der Waals surface area contributed by atoms with Gasteiger partial charge in [0.1, 0.15) is 0 Å².